The van der Waals surface area contributed by atoms with Crippen molar-refractivity contribution >= 4 is 29.0 Å². The van der Waals surface area contributed by atoms with Crippen molar-refractivity contribution in [2.45, 2.75) is 0 Å². The molecule has 0 saturated heterocycles. The summed E-state index contributed by atoms with van der Waals surface area (Å²) in [5.41, 5.74) is -0.278. The van der Waals surface area contributed by atoms with Gasteiger partial charge in [-0.15, -0.1) is 0 Å². The molecule has 0 aliphatic rings. The molecule has 0 spiro atoms. The van der Waals surface area contributed by atoms with E-state index >= 15 is 0 Å². The third kappa shape index (κ3) is 4.21. The van der Waals surface area contributed by atoms with Gasteiger partial charge in [0.2, 0.25) is 5.91 Å². The summed E-state index contributed by atoms with van der Waals surface area (Å²) >= 11 is 0. The third-order valence-corrected chi connectivity index (χ3v) is 2.87. The van der Waals surface area contributed by atoms with Gasteiger partial charge in [-0.1, -0.05) is 30.3 Å². The van der Waals surface area contributed by atoms with Crippen LogP contribution in [0.1, 0.15) is 5.56 Å². The number of nitrogens with zero attached hydrogens (tertiary/aromatic N) is 2. The molecule has 0 bridgehead atoms. The van der Waals surface area contributed by atoms with Crippen LogP contribution in [0, 0.1) is 20.2 Å². The molecule has 1 N–H and O–H groups in total. The molecule has 0 saturated carbocycles. The lowest BCUT2D eigenvalue weighted by Gasteiger charge is -2.03. The fourth-order valence-corrected chi connectivity index (χ4v) is 1.80. The van der Waals surface area contributed by atoms with E-state index in [-0.39, 0.29) is 5.69 Å². The largest absolute Gasteiger partial charge is 0.317 e. The minimum absolute atomic E-state index is 0.108. The Morgan fingerprint density at radius 3 is 2.30 bits per heavy atom. The summed E-state index contributed by atoms with van der Waals surface area (Å²) < 4.78 is 0. The SMILES string of the molecule is O=C(C=Cc1ccccc1)Nc1ccc([N+](=O)[O-])cc1[N+](=O)[O-]. The van der Waals surface area contributed by atoms with E-state index in [1.165, 1.54) is 6.08 Å². The van der Waals surface area contributed by atoms with E-state index in [9.17, 15) is 25.0 Å². The number of anilines is 1. The number of rotatable bonds is 5. The Hall–Kier alpha value is -3.55. The van der Waals surface area contributed by atoms with E-state index in [0.717, 1.165) is 23.8 Å². The molecule has 2 aromatic rings. The van der Waals surface area contributed by atoms with Crippen molar-refractivity contribution in [3.05, 3.63) is 80.4 Å². The highest BCUT2D eigenvalue weighted by Gasteiger charge is 2.20. The van der Waals surface area contributed by atoms with Gasteiger partial charge in [0, 0.05) is 12.1 Å². The molecule has 116 valence electrons. The van der Waals surface area contributed by atoms with Crippen molar-refractivity contribution in [1.82, 2.24) is 0 Å². The summed E-state index contributed by atoms with van der Waals surface area (Å²) in [6, 6.07) is 12.0. The molecular formula is C15H11N3O5. The van der Waals surface area contributed by atoms with E-state index in [1.54, 1.807) is 30.3 Å². The lowest BCUT2D eigenvalue weighted by Crippen LogP contribution is -2.09. The maximum atomic E-state index is 11.8. The Morgan fingerprint density at radius 2 is 1.70 bits per heavy atom. The van der Waals surface area contributed by atoms with Crippen molar-refractivity contribution in [2.75, 3.05) is 5.32 Å². The first-order chi connectivity index (χ1) is 11.0. The van der Waals surface area contributed by atoms with E-state index in [0.29, 0.717) is 0 Å². The van der Waals surface area contributed by atoms with Gasteiger partial charge < -0.3 is 5.32 Å². The van der Waals surface area contributed by atoms with Crippen molar-refractivity contribution in [1.29, 1.82) is 0 Å². The lowest BCUT2D eigenvalue weighted by atomic mass is 10.2. The summed E-state index contributed by atoms with van der Waals surface area (Å²) in [6.07, 6.45) is 2.77. The smallest absolute Gasteiger partial charge is 0.299 e. The first kappa shape index (κ1) is 15.8. The molecule has 8 nitrogen and oxygen atoms in total. The lowest BCUT2D eigenvalue weighted by molar-refractivity contribution is -0.393. The van der Waals surface area contributed by atoms with E-state index in [2.05, 4.69) is 5.32 Å². The highest BCUT2D eigenvalue weighted by molar-refractivity contribution is 6.03. The third-order valence-electron chi connectivity index (χ3n) is 2.87. The Kier molecular flexibility index (Phi) is 4.78. The fraction of sp³-hybridized carbons (Fsp3) is 0. The average Bonchev–Trinajstić information content (AvgIpc) is 2.54. The summed E-state index contributed by atoms with van der Waals surface area (Å²) in [6.45, 7) is 0. The molecule has 0 fully saturated rings. The second-order valence-corrected chi connectivity index (χ2v) is 4.45. The minimum Gasteiger partial charge on any atom is -0.317 e. The summed E-state index contributed by atoms with van der Waals surface area (Å²) in [4.78, 5) is 31.9. The van der Waals surface area contributed by atoms with Gasteiger partial charge in [0.15, 0.2) is 0 Å². The van der Waals surface area contributed by atoms with Crippen molar-refractivity contribution in [3.8, 4) is 0 Å². The van der Waals surface area contributed by atoms with Crippen molar-refractivity contribution < 1.29 is 14.6 Å². The van der Waals surface area contributed by atoms with Crippen LogP contribution in [-0.4, -0.2) is 15.8 Å². The normalized spacial score (nSPS) is 10.4. The van der Waals surface area contributed by atoms with Gasteiger partial charge >= 0.3 is 0 Å². The number of carbonyl (C=O) groups is 1. The zero-order valence-corrected chi connectivity index (χ0v) is 11.7. The molecule has 8 heteroatoms. The fourth-order valence-electron chi connectivity index (χ4n) is 1.80. The second-order valence-electron chi connectivity index (χ2n) is 4.45. The Bertz CT molecular complexity index is 787. The number of carbonyl (C=O) groups excluding carboxylic acids is 1. The maximum Gasteiger partial charge on any atom is 0.299 e. The zero-order chi connectivity index (χ0) is 16.8. The molecule has 0 aromatic heterocycles. The predicted octanol–water partition coefficient (Wildman–Crippen LogP) is 3.15. The minimum atomic E-state index is -0.788. The van der Waals surface area contributed by atoms with Crippen LogP contribution in [0.15, 0.2) is 54.6 Å². The summed E-state index contributed by atoms with van der Waals surface area (Å²) in [5.74, 6) is -0.578. The highest BCUT2D eigenvalue weighted by Crippen LogP contribution is 2.28. The van der Waals surface area contributed by atoms with E-state index < -0.39 is 27.1 Å². The molecule has 0 aliphatic carbocycles. The number of amides is 1. The molecule has 0 radical (unpaired) electrons. The molecule has 2 rings (SSSR count). The van der Waals surface area contributed by atoms with Gasteiger partial charge in [0.05, 0.1) is 15.9 Å². The van der Waals surface area contributed by atoms with Gasteiger partial charge in [-0.25, -0.2) is 0 Å². The highest BCUT2D eigenvalue weighted by atomic mass is 16.6. The molecule has 0 unspecified atom stereocenters. The summed E-state index contributed by atoms with van der Waals surface area (Å²) in [7, 11) is 0. The number of nitrogens with one attached hydrogen (secondary N) is 1. The van der Waals surface area contributed by atoms with Crippen molar-refractivity contribution in [3.63, 3.8) is 0 Å². The molecule has 1 amide bonds. The Morgan fingerprint density at radius 1 is 1.00 bits per heavy atom. The van der Waals surface area contributed by atoms with Crippen LogP contribution < -0.4 is 5.32 Å². The average molecular weight is 313 g/mol. The molecular weight excluding hydrogens is 302 g/mol. The number of hydrogen-bond acceptors (Lipinski definition) is 5. The number of nitro groups is 2. The molecule has 0 aliphatic heterocycles. The van der Waals surface area contributed by atoms with E-state index in [1.807, 2.05) is 6.07 Å². The van der Waals surface area contributed by atoms with Crippen LogP contribution in [0.4, 0.5) is 17.1 Å². The van der Waals surface area contributed by atoms with Crippen LogP contribution in [-0.2, 0) is 4.79 Å². The quantitative estimate of drug-likeness (QED) is 0.517. The predicted molar refractivity (Wildman–Crippen MR) is 83.9 cm³/mol. The van der Waals surface area contributed by atoms with E-state index in [4.69, 9.17) is 0 Å². The Labute approximate surface area is 130 Å². The molecule has 0 heterocycles. The van der Waals surface area contributed by atoms with Crippen LogP contribution in [0.5, 0.6) is 0 Å². The Balaban J connectivity index is 2.19. The molecule has 23 heavy (non-hydrogen) atoms. The van der Waals surface area contributed by atoms with Crippen LogP contribution >= 0.6 is 0 Å². The standard InChI is InChI=1S/C15H11N3O5/c19-15(9-6-11-4-2-1-3-5-11)16-13-8-7-12(17(20)21)10-14(13)18(22)23/h1-10H,(H,16,19). The monoisotopic (exact) mass is 313 g/mol. The van der Waals surface area contributed by atoms with Crippen LogP contribution in [0.2, 0.25) is 0 Å². The van der Waals surface area contributed by atoms with Crippen LogP contribution in [0.3, 0.4) is 0 Å². The topological polar surface area (TPSA) is 115 Å². The molecule has 2 aromatic carbocycles. The zero-order valence-electron chi connectivity index (χ0n) is 11.7. The first-order valence-electron chi connectivity index (χ1n) is 6.44. The van der Waals surface area contributed by atoms with Gasteiger partial charge in [-0.2, -0.15) is 0 Å². The van der Waals surface area contributed by atoms with Crippen molar-refractivity contribution in [2.24, 2.45) is 0 Å². The molecule has 0 atom stereocenters. The van der Waals surface area contributed by atoms with Crippen LogP contribution in [0.25, 0.3) is 6.08 Å². The van der Waals surface area contributed by atoms with Gasteiger partial charge in [0.25, 0.3) is 11.4 Å². The number of nitro benzene ring substituents is 2. The van der Waals surface area contributed by atoms with Gasteiger partial charge in [0.1, 0.15) is 5.69 Å². The second kappa shape index (κ2) is 6.94. The number of hydrogen-bond donors (Lipinski definition) is 1. The number of non-ortho nitro benzene ring substituents is 1. The summed E-state index contributed by atoms with van der Waals surface area (Å²) in [5, 5.41) is 24.0. The van der Waals surface area contributed by atoms with Gasteiger partial charge in [-0.05, 0) is 17.7 Å². The van der Waals surface area contributed by atoms with Gasteiger partial charge in [-0.3, -0.25) is 25.0 Å². The number of benzene rings is 2. The first-order valence-corrected chi connectivity index (χ1v) is 6.44. The maximum absolute atomic E-state index is 11.8.